The zero-order valence-corrected chi connectivity index (χ0v) is 21.0. The van der Waals surface area contributed by atoms with Crippen LogP contribution in [0, 0.1) is 0 Å². The Hall–Kier alpha value is -1.98. The summed E-state index contributed by atoms with van der Waals surface area (Å²) in [5.74, 6) is 0.0962. The summed E-state index contributed by atoms with van der Waals surface area (Å²) < 4.78 is 56.5. The van der Waals surface area contributed by atoms with E-state index in [1.165, 1.54) is 16.4 Å². The minimum atomic E-state index is -3.94. The minimum Gasteiger partial charge on any atom is -0.362 e. The van der Waals surface area contributed by atoms with Crippen molar-refractivity contribution in [2.24, 2.45) is 4.40 Å². The van der Waals surface area contributed by atoms with E-state index in [2.05, 4.69) is 9.71 Å². The monoisotopic (exact) mass is 498 g/mol. The van der Waals surface area contributed by atoms with Crippen LogP contribution in [-0.4, -0.2) is 69.7 Å². The molecule has 9 nitrogen and oxygen atoms in total. The fourth-order valence-electron chi connectivity index (χ4n) is 4.27. The van der Waals surface area contributed by atoms with Crippen molar-refractivity contribution in [3.05, 3.63) is 24.3 Å². The molecule has 0 bridgehead atoms. The molecule has 0 radical (unpaired) electrons. The van der Waals surface area contributed by atoms with Crippen LogP contribution in [0.1, 0.15) is 58.3 Å². The van der Waals surface area contributed by atoms with E-state index in [9.17, 15) is 21.6 Å². The molecule has 184 valence electrons. The molecule has 0 aromatic heterocycles. The van der Waals surface area contributed by atoms with Crippen LogP contribution < -0.4 is 5.32 Å². The van der Waals surface area contributed by atoms with Crippen molar-refractivity contribution in [1.29, 1.82) is 0 Å². The molecule has 1 atom stereocenters. The van der Waals surface area contributed by atoms with Crippen LogP contribution in [0.2, 0.25) is 0 Å². The van der Waals surface area contributed by atoms with Gasteiger partial charge >= 0.3 is 0 Å². The lowest BCUT2D eigenvalue weighted by Crippen LogP contribution is -2.50. The van der Waals surface area contributed by atoms with E-state index in [4.69, 9.17) is 0 Å². The summed E-state index contributed by atoms with van der Waals surface area (Å²) in [6.45, 7) is 2.88. The lowest BCUT2D eigenvalue weighted by atomic mass is 10.0. The molecule has 3 rings (SSSR count). The standard InChI is InChI=1S/C22H34N4O5S2/c1-3-16-32(28,29)26-15-8-6-12-20(26)22(27)23-18-10-9-11-19(17-18)33(30,31)24-21-13-5-4-7-14-25(21)2/h9-11,17,20H,3-8,12-16H2,1-2H3,(H,23,27)/b24-21-. The molecular formula is C22H34N4O5S2. The van der Waals surface area contributed by atoms with Gasteiger partial charge in [0.25, 0.3) is 10.0 Å². The average molecular weight is 499 g/mol. The molecule has 0 spiro atoms. The van der Waals surface area contributed by atoms with Crippen molar-refractivity contribution in [1.82, 2.24) is 9.21 Å². The van der Waals surface area contributed by atoms with Gasteiger partial charge < -0.3 is 10.2 Å². The summed E-state index contributed by atoms with van der Waals surface area (Å²) in [5, 5.41) is 2.72. The Labute approximate surface area is 197 Å². The van der Waals surface area contributed by atoms with Crippen molar-refractivity contribution in [2.75, 3.05) is 31.2 Å². The third-order valence-corrected chi connectivity index (χ3v) is 9.41. The van der Waals surface area contributed by atoms with Gasteiger partial charge in [0.2, 0.25) is 15.9 Å². The van der Waals surface area contributed by atoms with Crippen LogP contribution in [0.5, 0.6) is 0 Å². The lowest BCUT2D eigenvalue weighted by molar-refractivity contribution is -0.120. The van der Waals surface area contributed by atoms with Gasteiger partial charge in [0, 0.05) is 32.2 Å². The molecule has 1 amide bonds. The fourth-order valence-corrected chi connectivity index (χ4v) is 7.16. The summed E-state index contributed by atoms with van der Waals surface area (Å²) in [7, 11) is -5.62. The Balaban J connectivity index is 1.79. The number of sulfonamides is 2. The molecule has 2 heterocycles. The number of benzene rings is 1. The molecule has 1 aromatic carbocycles. The average Bonchev–Trinajstić information content (AvgIpc) is 2.97. The Bertz CT molecular complexity index is 1090. The first-order valence-electron chi connectivity index (χ1n) is 11.6. The third-order valence-electron chi connectivity index (χ3n) is 6.04. The van der Waals surface area contributed by atoms with Crippen molar-refractivity contribution in [2.45, 2.75) is 69.2 Å². The van der Waals surface area contributed by atoms with Crippen LogP contribution in [0.15, 0.2) is 33.6 Å². The SMILES string of the molecule is CCCS(=O)(=O)N1CCCCC1C(=O)Nc1cccc(S(=O)(=O)/N=C2/CCCCCN2C)c1. The Kier molecular flexibility index (Phi) is 8.52. The normalized spacial score (nSPS) is 22.2. The van der Waals surface area contributed by atoms with Gasteiger partial charge in [-0.2, -0.15) is 12.7 Å². The van der Waals surface area contributed by atoms with Gasteiger partial charge in [-0.25, -0.2) is 8.42 Å². The number of hydrogen-bond acceptors (Lipinski definition) is 5. The van der Waals surface area contributed by atoms with Gasteiger partial charge in [0.15, 0.2) is 0 Å². The third kappa shape index (κ3) is 6.54. The lowest BCUT2D eigenvalue weighted by Gasteiger charge is -2.33. The van der Waals surface area contributed by atoms with E-state index in [1.54, 1.807) is 19.1 Å². The first kappa shape index (κ1) is 25.6. The Morgan fingerprint density at radius 3 is 2.61 bits per heavy atom. The molecule has 1 N–H and O–H groups in total. The predicted molar refractivity (Wildman–Crippen MR) is 129 cm³/mol. The molecule has 11 heteroatoms. The molecular weight excluding hydrogens is 464 g/mol. The van der Waals surface area contributed by atoms with Crippen molar-refractivity contribution >= 4 is 37.5 Å². The van der Waals surface area contributed by atoms with Crippen LogP contribution in [0.4, 0.5) is 5.69 Å². The number of rotatable bonds is 7. The molecule has 2 aliphatic rings. The number of likely N-dealkylation sites (tertiary alicyclic amines) is 1. The van der Waals surface area contributed by atoms with E-state index in [0.717, 1.165) is 38.6 Å². The maximum absolute atomic E-state index is 13.0. The van der Waals surface area contributed by atoms with Gasteiger partial charge in [0.05, 0.1) is 10.6 Å². The van der Waals surface area contributed by atoms with Gasteiger partial charge in [-0.05, 0) is 50.3 Å². The zero-order valence-electron chi connectivity index (χ0n) is 19.4. The Morgan fingerprint density at radius 1 is 1.09 bits per heavy atom. The molecule has 33 heavy (non-hydrogen) atoms. The van der Waals surface area contributed by atoms with Crippen LogP contribution in [-0.2, 0) is 24.8 Å². The quantitative estimate of drug-likeness (QED) is 0.618. The maximum Gasteiger partial charge on any atom is 0.284 e. The highest BCUT2D eigenvalue weighted by Gasteiger charge is 2.36. The smallest absolute Gasteiger partial charge is 0.284 e. The molecule has 1 unspecified atom stereocenters. The molecule has 2 aliphatic heterocycles. The molecule has 0 aliphatic carbocycles. The number of carbonyl (C=O) groups excluding carboxylic acids is 1. The number of piperidine rings is 1. The van der Waals surface area contributed by atoms with E-state index in [0.29, 0.717) is 37.3 Å². The van der Waals surface area contributed by atoms with Gasteiger partial charge in [-0.15, -0.1) is 4.40 Å². The number of nitrogens with zero attached hydrogens (tertiary/aromatic N) is 3. The van der Waals surface area contributed by atoms with Crippen LogP contribution in [0.3, 0.4) is 0 Å². The second-order valence-electron chi connectivity index (χ2n) is 8.67. The van der Waals surface area contributed by atoms with E-state index < -0.39 is 32.0 Å². The van der Waals surface area contributed by atoms with E-state index in [1.807, 2.05) is 11.9 Å². The minimum absolute atomic E-state index is 0.000702. The van der Waals surface area contributed by atoms with Crippen molar-refractivity contribution in [3.8, 4) is 0 Å². The number of nitrogens with one attached hydrogen (secondary N) is 1. The zero-order chi connectivity index (χ0) is 24.1. The first-order valence-corrected chi connectivity index (χ1v) is 14.6. The summed E-state index contributed by atoms with van der Waals surface area (Å²) in [4.78, 5) is 14.9. The maximum atomic E-state index is 13.0. The van der Waals surface area contributed by atoms with E-state index in [-0.39, 0.29) is 10.6 Å². The molecule has 2 fully saturated rings. The number of hydrogen-bond donors (Lipinski definition) is 1. The summed E-state index contributed by atoms with van der Waals surface area (Å²) in [5.41, 5.74) is 0.300. The highest BCUT2D eigenvalue weighted by Crippen LogP contribution is 2.24. The number of anilines is 1. The molecule has 2 saturated heterocycles. The van der Waals surface area contributed by atoms with Crippen LogP contribution in [0.25, 0.3) is 0 Å². The van der Waals surface area contributed by atoms with Crippen molar-refractivity contribution in [3.63, 3.8) is 0 Å². The summed E-state index contributed by atoms with van der Waals surface area (Å²) in [6.07, 6.45) is 5.94. The summed E-state index contributed by atoms with van der Waals surface area (Å²) >= 11 is 0. The largest absolute Gasteiger partial charge is 0.362 e. The predicted octanol–water partition coefficient (Wildman–Crippen LogP) is 2.81. The van der Waals surface area contributed by atoms with Gasteiger partial charge in [0.1, 0.15) is 11.9 Å². The topological polar surface area (TPSA) is 116 Å². The highest BCUT2D eigenvalue weighted by molar-refractivity contribution is 7.90. The second kappa shape index (κ2) is 11.0. The number of carbonyl (C=O) groups is 1. The number of amides is 1. The fraction of sp³-hybridized carbons (Fsp3) is 0.636. The molecule has 0 saturated carbocycles. The Morgan fingerprint density at radius 2 is 1.85 bits per heavy atom. The molecule has 1 aromatic rings. The van der Waals surface area contributed by atoms with Crippen LogP contribution >= 0.6 is 0 Å². The number of amidine groups is 1. The highest BCUT2D eigenvalue weighted by atomic mass is 32.2. The van der Waals surface area contributed by atoms with E-state index >= 15 is 0 Å². The first-order chi connectivity index (χ1) is 15.6. The van der Waals surface area contributed by atoms with Gasteiger partial charge in [-0.1, -0.05) is 25.8 Å². The van der Waals surface area contributed by atoms with Gasteiger partial charge in [-0.3, -0.25) is 4.79 Å². The second-order valence-corrected chi connectivity index (χ2v) is 12.3. The van der Waals surface area contributed by atoms with Crippen molar-refractivity contribution < 1.29 is 21.6 Å². The summed E-state index contributed by atoms with van der Waals surface area (Å²) in [6, 6.07) is 5.17.